The lowest BCUT2D eigenvalue weighted by atomic mass is 10.2. The van der Waals surface area contributed by atoms with Crippen LogP contribution in [-0.2, 0) is 14.4 Å². The smallest absolute Gasteiger partial charge is 0.247 e. The summed E-state index contributed by atoms with van der Waals surface area (Å²) in [4.78, 5) is 35.4. The van der Waals surface area contributed by atoms with Crippen LogP contribution in [0.15, 0.2) is 24.3 Å². The first kappa shape index (κ1) is 14.6. The molecule has 20 heavy (non-hydrogen) atoms. The molecule has 1 aliphatic heterocycles. The summed E-state index contributed by atoms with van der Waals surface area (Å²) in [6.07, 6.45) is 2.75. The van der Waals surface area contributed by atoms with Crippen molar-refractivity contribution in [3.8, 4) is 0 Å². The van der Waals surface area contributed by atoms with Crippen molar-refractivity contribution in [3.63, 3.8) is 0 Å². The minimum Gasteiger partial charge on any atom is -0.321 e. The van der Waals surface area contributed by atoms with E-state index >= 15 is 0 Å². The maximum atomic E-state index is 11.9. The average molecular weight is 313 g/mol. The van der Waals surface area contributed by atoms with Crippen LogP contribution in [0.3, 0.4) is 0 Å². The van der Waals surface area contributed by atoms with Crippen LogP contribution in [0.2, 0.25) is 10.0 Å². The van der Waals surface area contributed by atoms with Crippen LogP contribution in [0.25, 0.3) is 6.08 Å². The minimum atomic E-state index is -0.496. The van der Waals surface area contributed by atoms with Gasteiger partial charge in [0.2, 0.25) is 17.7 Å². The third kappa shape index (κ3) is 3.37. The molecule has 0 aliphatic carbocycles. The van der Waals surface area contributed by atoms with E-state index in [0.29, 0.717) is 15.6 Å². The second-order valence-corrected chi connectivity index (χ2v) is 4.93. The normalized spacial score (nSPS) is 15.6. The monoisotopic (exact) mass is 312 g/mol. The summed E-state index contributed by atoms with van der Waals surface area (Å²) < 4.78 is 0. The molecule has 5 nitrogen and oxygen atoms in total. The second-order valence-electron chi connectivity index (χ2n) is 4.14. The maximum absolute atomic E-state index is 11.9. The van der Waals surface area contributed by atoms with Crippen LogP contribution >= 0.6 is 23.2 Å². The Morgan fingerprint density at radius 2 is 1.85 bits per heavy atom. The molecule has 0 atom stereocenters. The van der Waals surface area contributed by atoms with Gasteiger partial charge < -0.3 is 4.90 Å². The molecule has 1 heterocycles. The number of rotatable bonds is 2. The number of carbonyl (C=O) groups is 3. The molecule has 104 valence electrons. The summed E-state index contributed by atoms with van der Waals surface area (Å²) in [5.74, 6) is -1.43. The Morgan fingerprint density at radius 3 is 2.50 bits per heavy atom. The van der Waals surface area contributed by atoms with E-state index in [0.717, 1.165) is 4.90 Å². The highest BCUT2D eigenvalue weighted by molar-refractivity contribution is 6.42. The lowest BCUT2D eigenvalue weighted by Gasteiger charge is -2.24. The van der Waals surface area contributed by atoms with Crippen molar-refractivity contribution in [2.24, 2.45) is 0 Å². The molecular weight excluding hydrogens is 303 g/mol. The third-order valence-corrected chi connectivity index (χ3v) is 3.48. The van der Waals surface area contributed by atoms with E-state index in [1.807, 2.05) is 0 Å². The summed E-state index contributed by atoms with van der Waals surface area (Å²) in [5.41, 5.74) is 0.584. The molecule has 0 spiro atoms. The van der Waals surface area contributed by atoms with Crippen LogP contribution in [0, 0.1) is 0 Å². The second kappa shape index (κ2) is 6.07. The van der Waals surface area contributed by atoms with Gasteiger partial charge in [0.1, 0.15) is 13.1 Å². The molecule has 1 aromatic carbocycles. The summed E-state index contributed by atoms with van der Waals surface area (Å²) >= 11 is 11.8. The number of piperazine rings is 1. The molecule has 0 saturated carbocycles. The number of halogens is 2. The first-order valence-electron chi connectivity index (χ1n) is 5.71. The number of benzene rings is 1. The Hall–Kier alpha value is -1.85. The fourth-order valence-corrected chi connectivity index (χ4v) is 2.08. The standard InChI is InChI=1S/C13H10Cl2N2O3/c14-9-3-1-2-8(13(9)15)4-5-12(20)17-6-10(18)16-11(19)7-17/h1-5H,6-7H2,(H,16,18,19). The molecule has 0 unspecified atom stereocenters. The average Bonchev–Trinajstić information content (AvgIpc) is 2.39. The Morgan fingerprint density at radius 1 is 1.20 bits per heavy atom. The van der Waals surface area contributed by atoms with E-state index < -0.39 is 17.7 Å². The van der Waals surface area contributed by atoms with Gasteiger partial charge in [-0.2, -0.15) is 0 Å². The van der Waals surface area contributed by atoms with E-state index in [1.54, 1.807) is 18.2 Å². The van der Waals surface area contributed by atoms with Gasteiger partial charge in [-0.15, -0.1) is 0 Å². The number of imide groups is 1. The molecule has 0 aromatic heterocycles. The van der Waals surface area contributed by atoms with Crippen LogP contribution < -0.4 is 5.32 Å². The molecule has 1 aromatic rings. The highest BCUT2D eigenvalue weighted by atomic mass is 35.5. The zero-order chi connectivity index (χ0) is 14.7. The zero-order valence-corrected chi connectivity index (χ0v) is 11.7. The number of carbonyl (C=O) groups excluding carboxylic acids is 3. The number of hydrogen-bond acceptors (Lipinski definition) is 3. The minimum absolute atomic E-state index is 0.141. The van der Waals surface area contributed by atoms with Crippen molar-refractivity contribution in [2.75, 3.05) is 13.1 Å². The van der Waals surface area contributed by atoms with E-state index in [-0.39, 0.29) is 13.1 Å². The van der Waals surface area contributed by atoms with Crippen molar-refractivity contribution in [1.82, 2.24) is 10.2 Å². The van der Waals surface area contributed by atoms with Gasteiger partial charge in [0.25, 0.3) is 0 Å². The lowest BCUT2D eigenvalue weighted by molar-refractivity contribution is -0.143. The predicted octanol–water partition coefficient (Wildman–Crippen LogP) is 1.49. The van der Waals surface area contributed by atoms with Crippen molar-refractivity contribution < 1.29 is 14.4 Å². The first-order valence-corrected chi connectivity index (χ1v) is 6.46. The molecule has 1 saturated heterocycles. The molecule has 1 aliphatic rings. The van der Waals surface area contributed by atoms with Crippen LogP contribution in [-0.4, -0.2) is 35.7 Å². The highest BCUT2D eigenvalue weighted by Crippen LogP contribution is 2.26. The van der Waals surface area contributed by atoms with Crippen LogP contribution in [0.4, 0.5) is 0 Å². The molecule has 1 fully saturated rings. The fraction of sp³-hybridized carbons (Fsp3) is 0.154. The van der Waals surface area contributed by atoms with Crippen LogP contribution in [0.1, 0.15) is 5.56 Å². The summed E-state index contributed by atoms with van der Waals surface area (Å²) in [6, 6.07) is 5.04. The van der Waals surface area contributed by atoms with Crippen LogP contribution in [0.5, 0.6) is 0 Å². The highest BCUT2D eigenvalue weighted by Gasteiger charge is 2.24. The largest absolute Gasteiger partial charge is 0.321 e. The Labute approximate surface area is 125 Å². The molecule has 0 bridgehead atoms. The summed E-state index contributed by atoms with van der Waals surface area (Å²) in [7, 11) is 0. The summed E-state index contributed by atoms with van der Waals surface area (Å²) in [6.45, 7) is -0.281. The third-order valence-electron chi connectivity index (χ3n) is 2.65. The van der Waals surface area contributed by atoms with E-state index in [2.05, 4.69) is 5.32 Å². The van der Waals surface area contributed by atoms with Gasteiger partial charge in [0, 0.05) is 6.08 Å². The predicted molar refractivity (Wildman–Crippen MR) is 75.2 cm³/mol. The van der Waals surface area contributed by atoms with Gasteiger partial charge in [-0.1, -0.05) is 35.3 Å². The molecule has 7 heteroatoms. The Balaban J connectivity index is 2.11. The van der Waals surface area contributed by atoms with Gasteiger partial charge >= 0.3 is 0 Å². The maximum Gasteiger partial charge on any atom is 0.247 e. The first-order chi connectivity index (χ1) is 9.47. The van der Waals surface area contributed by atoms with Gasteiger partial charge in [0.15, 0.2) is 0 Å². The van der Waals surface area contributed by atoms with Crippen molar-refractivity contribution >= 4 is 47.0 Å². The van der Waals surface area contributed by atoms with E-state index in [4.69, 9.17) is 23.2 Å². The molecule has 1 N–H and O–H groups in total. The number of nitrogens with zero attached hydrogens (tertiary/aromatic N) is 1. The Bertz CT molecular complexity index is 598. The van der Waals surface area contributed by atoms with Crippen molar-refractivity contribution in [1.29, 1.82) is 0 Å². The zero-order valence-electron chi connectivity index (χ0n) is 10.2. The molecule has 3 amide bonds. The van der Waals surface area contributed by atoms with Gasteiger partial charge in [-0.05, 0) is 17.7 Å². The molecule has 0 radical (unpaired) electrons. The molecular formula is C13H10Cl2N2O3. The van der Waals surface area contributed by atoms with E-state index in [1.165, 1.54) is 12.2 Å². The fourth-order valence-electron chi connectivity index (χ4n) is 1.71. The molecule has 2 rings (SSSR count). The number of nitrogens with one attached hydrogen (secondary N) is 1. The SMILES string of the molecule is O=C1CN(C(=O)C=Cc2cccc(Cl)c2Cl)CC(=O)N1. The Kier molecular flexibility index (Phi) is 4.42. The van der Waals surface area contributed by atoms with Crippen molar-refractivity contribution in [3.05, 3.63) is 39.9 Å². The van der Waals surface area contributed by atoms with Gasteiger partial charge in [0.05, 0.1) is 10.0 Å². The van der Waals surface area contributed by atoms with Gasteiger partial charge in [-0.3, -0.25) is 19.7 Å². The van der Waals surface area contributed by atoms with Gasteiger partial charge in [-0.25, -0.2) is 0 Å². The number of amides is 3. The topological polar surface area (TPSA) is 66.5 Å². The lowest BCUT2D eigenvalue weighted by Crippen LogP contribution is -2.52. The summed E-state index contributed by atoms with van der Waals surface area (Å²) in [5, 5.41) is 2.84. The van der Waals surface area contributed by atoms with Crippen molar-refractivity contribution in [2.45, 2.75) is 0 Å². The van der Waals surface area contributed by atoms with E-state index in [9.17, 15) is 14.4 Å². The number of hydrogen-bond donors (Lipinski definition) is 1. The quantitative estimate of drug-likeness (QED) is 0.664.